The summed E-state index contributed by atoms with van der Waals surface area (Å²) in [7, 11) is 0. The van der Waals surface area contributed by atoms with Crippen molar-refractivity contribution in [2.75, 3.05) is 0 Å². The van der Waals surface area contributed by atoms with Crippen LogP contribution in [0.4, 0.5) is 0 Å². The molecule has 4 aromatic carbocycles. The Hall–Kier alpha value is -2.68. The average molecular weight is 776 g/mol. The van der Waals surface area contributed by atoms with Gasteiger partial charge in [-0.15, -0.1) is 0 Å². The molecule has 266 valence electrons. The van der Waals surface area contributed by atoms with Crippen LogP contribution in [-0.2, 0) is 12.8 Å². The van der Waals surface area contributed by atoms with Crippen LogP contribution >= 0.6 is 22.7 Å². The van der Waals surface area contributed by atoms with E-state index in [1.165, 1.54) is 179 Å². The molecule has 3 heterocycles. The number of hydrogen-bond acceptors (Lipinski definition) is 2. The molecule has 0 aliphatic carbocycles. The van der Waals surface area contributed by atoms with Gasteiger partial charge in [-0.2, -0.15) is 0 Å². The zero-order valence-electron chi connectivity index (χ0n) is 31.0. The molecule has 0 saturated heterocycles. The Labute approximate surface area is 321 Å². The molecule has 0 aliphatic rings. The number of aryl methyl sites for hydroxylation is 2. The van der Waals surface area contributed by atoms with Crippen molar-refractivity contribution in [2.24, 2.45) is 0 Å². The molecule has 0 amide bonds. The molecule has 0 aliphatic heterocycles. The quantitative estimate of drug-likeness (QED) is 0.0534. The fourth-order valence-electron chi connectivity index (χ4n) is 7.73. The van der Waals surface area contributed by atoms with Crippen molar-refractivity contribution in [3.05, 3.63) is 96.1 Å². The van der Waals surface area contributed by atoms with E-state index >= 15 is 0 Å². The van der Waals surface area contributed by atoms with Crippen LogP contribution in [0.1, 0.15) is 128 Å². The van der Waals surface area contributed by atoms with Crippen LogP contribution in [0, 0.1) is 0 Å². The Balaban J connectivity index is 0.986. The van der Waals surface area contributed by atoms with Crippen molar-refractivity contribution in [1.82, 2.24) is 0 Å². The Kier molecular flexibility index (Phi) is 13.2. The molecule has 0 fully saturated rings. The van der Waals surface area contributed by atoms with Gasteiger partial charge in [-0.05, 0) is 0 Å². The standard InChI is InChI=1S/C48H56S2Se/c1-3-5-7-9-11-13-15-17-19-35-21-25-37(26-22-35)43-31-39-29-41-42-30-40-32-44(50-46(40)34-48(42)51-47(41)33-45(39)49-43)38-27-23-36(24-28-38)20-18-16-14-12-10-8-6-4-2/h21-34H,3-20H2,1-2H3. The zero-order valence-corrected chi connectivity index (χ0v) is 34.4. The predicted molar refractivity (Wildman–Crippen MR) is 233 cm³/mol. The van der Waals surface area contributed by atoms with E-state index in [-0.39, 0.29) is 0 Å². The molecule has 0 atom stereocenters. The third-order valence-corrected chi connectivity index (χ3v) is 15.5. The Morgan fingerprint density at radius 2 is 0.784 bits per heavy atom. The van der Waals surface area contributed by atoms with Crippen molar-refractivity contribution in [3.8, 4) is 20.9 Å². The maximum atomic E-state index is 2.50. The third kappa shape index (κ3) is 9.47. The molecule has 7 aromatic rings. The van der Waals surface area contributed by atoms with Crippen LogP contribution in [0.3, 0.4) is 0 Å². The Morgan fingerprint density at radius 3 is 1.18 bits per heavy atom. The molecule has 3 heteroatoms. The topological polar surface area (TPSA) is 0 Å². The van der Waals surface area contributed by atoms with Gasteiger partial charge in [0.1, 0.15) is 0 Å². The molecule has 0 N–H and O–H groups in total. The van der Waals surface area contributed by atoms with Crippen LogP contribution in [0.2, 0.25) is 0 Å². The summed E-state index contributed by atoms with van der Waals surface area (Å²) in [6, 6.07) is 33.7. The van der Waals surface area contributed by atoms with Crippen LogP contribution in [0.25, 0.3) is 60.3 Å². The summed E-state index contributed by atoms with van der Waals surface area (Å²) in [5.41, 5.74) is 5.68. The van der Waals surface area contributed by atoms with Gasteiger partial charge in [0.25, 0.3) is 0 Å². The normalized spacial score (nSPS) is 12.0. The van der Waals surface area contributed by atoms with Gasteiger partial charge in [-0.25, -0.2) is 0 Å². The second-order valence-corrected chi connectivity index (χ2v) is 19.4. The Bertz CT molecular complexity index is 1970. The number of unbranched alkanes of at least 4 members (excludes halogenated alkanes) is 14. The number of benzene rings is 4. The van der Waals surface area contributed by atoms with Crippen molar-refractivity contribution in [1.29, 1.82) is 0 Å². The number of thiophene rings is 2. The van der Waals surface area contributed by atoms with Crippen molar-refractivity contribution < 1.29 is 0 Å². The molecular weight excluding hydrogens is 720 g/mol. The first kappa shape index (κ1) is 36.7. The monoisotopic (exact) mass is 776 g/mol. The van der Waals surface area contributed by atoms with Gasteiger partial charge < -0.3 is 0 Å². The van der Waals surface area contributed by atoms with Gasteiger partial charge in [0, 0.05) is 0 Å². The number of fused-ring (bicyclic) bond motifs is 5. The first-order chi connectivity index (χ1) is 25.2. The van der Waals surface area contributed by atoms with Crippen molar-refractivity contribution in [3.63, 3.8) is 0 Å². The maximum absolute atomic E-state index is 2.50. The Morgan fingerprint density at radius 1 is 0.412 bits per heavy atom. The van der Waals surface area contributed by atoms with E-state index < -0.39 is 0 Å². The van der Waals surface area contributed by atoms with Gasteiger partial charge in [-0.1, -0.05) is 90.9 Å². The molecule has 0 nitrogen and oxygen atoms in total. The third-order valence-electron chi connectivity index (χ3n) is 10.9. The molecule has 0 radical (unpaired) electrons. The summed E-state index contributed by atoms with van der Waals surface area (Å²) in [6.45, 7) is 4.59. The molecule has 51 heavy (non-hydrogen) atoms. The van der Waals surface area contributed by atoms with Crippen LogP contribution < -0.4 is 0 Å². The van der Waals surface area contributed by atoms with E-state index in [0.717, 1.165) is 0 Å². The minimum atomic E-state index is 0.357. The van der Waals surface area contributed by atoms with Crippen LogP contribution in [0.15, 0.2) is 84.9 Å². The van der Waals surface area contributed by atoms with Crippen molar-refractivity contribution in [2.45, 2.75) is 129 Å². The summed E-state index contributed by atoms with van der Waals surface area (Å²) >= 11 is 4.28. The summed E-state index contributed by atoms with van der Waals surface area (Å²) in [5, 5.41) is 5.70. The molecule has 7 rings (SSSR count). The van der Waals surface area contributed by atoms with Gasteiger partial charge in [0.05, 0.1) is 0 Å². The average Bonchev–Trinajstić information content (AvgIpc) is 3.86. The summed E-state index contributed by atoms with van der Waals surface area (Å²) in [6.07, 6.45) is 24.5. The molecule has 0 spiro atoms. The zero-order chi connectivity index (χ0) is 34.8. The predicted octanol–water partition coefficient (Wildman–Crippen LogP) is 16.2. The summed E-state index contributed by atoms with van der Waals surface area (Å²) < 4.78 is 5.95. The first-order valence-electron chi connectivity index (χ1n) is 20.2. The number of hydrogen-bond donors (Lipinski definition) is 0. The van der Waals surface area contributed by atoms with E-state index in [1.807, 2.05) is 22.7 Å². The van der Waals surface area contributed by atoms with E-state index in [0.29, 0.717) is 14.5 Å². The molecule has 0 unspecified atom stereocenters. The van der Waals surface area contributed by atoms with Gasteiger partial charge in [-0.3, -0.25) is 0 Å². The van der Waals surface area contributed by atoms with Crippen molar-refractivity contribution >= 4 is 76.6 Å². The minimum absolute atomic E-state index is 0.357. The number of rotatable bonds is 20. The van der Waals surface area contributed by atoms with E-state index in [2.05, 4.69) is 98.8 Å². The van der Waals surface area contributed by atoms with Gasteiger partial charge in [0.2, 0.25) is 0 Å². The summed E-state index contributed by atoms with van der Waals surface area (Å²) in [4.78, 5) is 2.78. The molecule has 0 saturated carbocycles. The van der Waals surface area contributed by atoms with Crippen LogP contribution in [-0.4, -0.2) is 14.5 Å². The molecular formula is C48H56S2Se. The van der Waals surface area contributed by atoms with E-state index in [9.17, 15) is 0 Å². The second-order valence-electron chi connectivity index (χ2n) is 14.9. The fraction of sp³-hybridized carbons (Fsp3) is 0.417. The van der Waals surface area contributed by atoms with Gasteiger partial charge in [0.15, 0.2) is 0 Å². The molecule has 3 aromatic heterocycles. The van der Waals surface area contributed by atoms with Crippen LogP contribution in [0.5, 0.6) is 0 Å². The van der Waals surface area contributed by atoms with E-state index in [4.69, 9.17) is 0 Å². The second kappa shape index (κ2) is 18.4. The first-order valence-corrected chi connectivity index (χ1v) is 23.5. The SMILES string of the molecule is CCCCCCCCCCc1ccc(-c2cc3cc4c(cc3s2)[se]c2cc3sc(-c5ccc(CCCCCCCCCC)cc5)cc3cc24)cc1. The molecule has 0 bridgehead atoms. The summed E-state index contributed by atoms with van der Waals surface area (Å²) in [5.74, 6) is 0. The van der Waals surface area contributed by atoms with Gasteiger partial charge >= 0.3 is 232 Å². The van der Waals surface area contributed by atoms with E-state index in [1.54, 1.807) is 8.52 Å². The fourth-order valence-corrected chi connectivity index (χ4v) is 12.7.